The smallest absolute Gasteiger partial charge is 0.326 e. The van der Waals surface area contributed by atoms with Crippen molar-refractivity contribution < 1.29 is 48.9 Å². The van der Waals surface area contributed by atoms with Crippen LogP contribution in [0.25, 0.3) is 10.9 Å². The third kappa shape index (κ3) is 10.2. The van der Waals surface area contributed by atoms with Gasteiger partial charge in [0.1, 0.15) is 18.1 Å². The van der Waals surface area contributed by atoms with Gasteiger partial charge in [-0.2, -0.15) is 0 Å². The minimum Gasteiger partial charge on any atom is -0.481 e. The number of amides is 4. The first-order valence-corrected chi connectivity index (χ1v) is 12.4. The molecular formula is C25H32N6O10. The Morgan fingerprint density at radius 1 is 0.780 bits per heavy atom. The highest BCUT2D eigenvalue weighted by atomic mass is 16.4. The van der Waals surface area contributed by atoms with Crippen LogP contribution in [-0.2, 0) is 40.0 Å². The summed E-state index contributed by atoms with van der Waals surface area (Å²) in [5.41, 5.74) is 12.6. The van der Waals surface area contributed by atoms with Gasteiger partial charge in [-0.25, -0.2) is 4.79 Å². The summed E-state index contributed by atoms with van der Waals surface area (Å²) in [6.45, 7) is 0. The highest BCUT2D eigenvalue weighted by Gasteiger charge is 2.31. The Hall–Kier alpha value is -4.99. The van der Waals surface area contributed by atoms with E-state index in [0.717, 1.165) is 16.5 Å². The zero-order valence-corrected chi connectivity index (χ0v) is 21.8. The second kappa shape index (κ2) is 15.0. The van der Waals surface area contributed by atoms with Crippen molar-refractivity contribution >= 4 is 52.4 Å². The molecule has 2 aromatic rings. The summed E-state index contributed by atoms with van der Waals surface area (Å²) in [6.07, 6.45) is -1.08. The minimum atomic E-state index is -1.76. The Kier molecular flexibility index (Phi) is 11.8. The number of primary amides is 1. The van der Waals surface area contributed by atoms with Crippen LogP contribution in [0.5, 0.6) is 0 Å². The van der Waals surface area contributed by atoms with Crippen LogP contribution in [0, 0.1) is 0 Å². The van der Waals surface area contributed by atoms with Crippen LogP contribution in [0.2, 0.25) is 0 Å². The minimum absolute atomic E-state index is 0.0726. The zero-order valence-electron chi connectivity index (χ0n) is 21.8. The number of para-hydroxylation sites is 1. The number of aromatic amines is 1. The van der Waals surface area contributed by atoms with E-state index >= 15 is 0 Å². The molecule has 16 nitrogen and oxygen atoms in total. The van der Waals surface area contributed by atoms with E-state index in [1.54, 1.807) is 12.3 Å². The molecule has 4 atom stereocenters. The highest BCUT2D eigenvalue weighted by Crippen LogP contribution is 2.19. The summed E-state index contributed by atoms with van der Waals surface area (Å²) < 4.78 is 0. The van der Waals surface area contributed by atoms with Crippen molar-refractivity contribution in [2.24, 2.45) is 11.5 Å². The number of benzene rings is 1. The molecular weight excluding hydrogens is 544 g/mol. The number of aliphatic carboxylic acids is 3. The molecule has 0 radical (unpaired) electrons. The van der Waals surface area contributed by atoms with Crippen LogP contribution < -0.4 is 27.4 Å². The molecule has 0 spiro atoms. The van der Waals surface area contributed by atoms with Crippen molar-refractivity contribution in [1.82, 2.24) is 20.9 Å². The number of rotatable bonds is 17. The van der Waals surface area contributed by atoms with Crippen LogP contribution in [0.15, 0.2) is 30.5 Å². The van der Waals surface area contributed by atoms with Gasteiger partial charge in [0.05, 0.1) is 12.5 Å². The van der Waals surface area contributed by atoms with Crippen molar-refractivity contribution in [1.29, 1.82) is 0 Å². The fourth-order valence-corrected chi connectivity index (χ4v) is 3.93. The molecule has 0 fully saturated rings. The van der Waals surface area contributed by atoms with E-state index in [1.807, 2.05) is 23.5 Å². The molecule has 0 aliphatic heterocycles. The van der Waals surface area contributed by atoms with Gasteiger partial charge in [-0.15, -0.1) is 0 Å². The standard InChI is InChI=1S/C25H32N6O10/c26-14(9-12-11-28-15-4-2-1-3-13(12)15)22(37)29-16(5-7-20(33)34)23(38)30-17(6-8-21(35)36)24(39)31-18(25(40)41)10-19(27)32/h1-4,11,14,16-18,28H,5-10,26H2,(H2,27,32)(H,29,37)(H,30,38)(H,31,39)(H,33,34)(H,35,36)(H,40,41). The molecule has 11 N–H and O–H groups in total. The Labute approximate surface area is 232 Å². The van der Waals surface area contributed by atoms with Crippen molar-refractivity contribution in [3.05, 3.63) is 36.0 Å². The summed E-state index contributed by atoms with van der Waals surface area (Å²) in [5.74, 6) is -8.21. The number of hydrogen-bond donors (Lipinski definition) is 9. The number of carboxylic acid groups (broad SMARTS) is 3. The topological polar surface area (TPSA) is 284 Å². The van der Waals surface area contributed by atoms with Gasteiger partial charge in [0, 0.05) is 29.9 Å². The summed E-state index contributed by atoms with van der Waals surface area (Å²) in [6, 6.07) is 1.28. The molecule has 0 bridgehead atoms. The van der Waals surface area contributed by atoms with E-state index < -0.39 is 97.8 Å². The molecule has 4 unspecified atom stereocenters. The maximum atomic E-state index is 13.1. The molecule has 1 aromatic heterocycles. The lowest BCUT2D eigenvalue weighted by atomic mass is 10.0. The fraction of sp³-hybridized carbons (Fsp3) is 0.400. The van der Waals surface area contributed by atoms with E-state index in [0.29, 0.717) is 0 Å². The fourth-order valence-electron chi connectivity index (χ4n) is 3.93. The molecule has 4 amide bonds. The van der Waals surface area contributed by atoms with Crippen LogP contribution in [0.1, 0.15) is 37.7 Å². The third-order valence-electron chi connectivity index (χ3n) is 6.03. The largest absolute Gasteiger partial charge is 0.481 e. The van der Waals surface area contributed by atoms with Gasteiger partial charge in [0.2, 0.25) is 23.6 Å². The SMILES string of the molecule is NC(=O)CC(NC(=O)C(CCC(=O)O)NC(=O)C(CCC(=O)O)NC(=O)C(N)Cc1c[nH]c2ccccc12)C(=O)O. The third-order valence-corrected chi connectivity index (χ3v) is 6.03. The number of nitrogens with one attached hydrogen (secondary N) is 4. The van der Waals surface area contributed by atoms with Gasteiger partial charge >= 0.3 is 17.9 Å². The lowest BCUT2D eigenvalue weighted by Crippen LogP contribution is -2.57. The quantitative estimate of drug-likeness (QED) is 0.101. The van der Waals surface area contributed by atoms with Crippen molar-refractivity contribution in [3.63, 3.8) is 0 Å². The molecule has 41 heavy (non-hydrogen) atoms. The van der Waals surface area contributed by atoms with Crippen LogP contribution in [0.4, 0.5) is 0 Å². The van der Waals surface area contributed by atoms with E-state index in [9.17, 15) is 38.7 Å². The number of H-pyrrole nitrogens is 1. The lowest BCUT2D eigenvalue weighted by Gasteiger charge is -2.24. The second-order valence-corrected chi connectivity index (χ2v) is 9.23. The molecule has 0 aliphatic carbocycles. The Morgan fingerprint density at radius 3 is 1.80 bits per heavy atom. The zero-order chi connectivity index (χ0) is 30.7. The van der Waals surface area contributed by atoms with Gasteiger partial charge in [-0.1, -0.05) is 18.2 Å². The number of nitrogens with two attached hydrogens (primary N) is 2. The van der Waals surface area contributed by atoms with Crippen LogP contribution in [0.3, 0.4) is 0 Å². The summed E-state index contributed by atoms with van der Waals surface area (Å²) in [5, 5.41) is 34.8. The van der Waals surface area contributed by atoms with Crippen molar-refractivity contribution in [2.45, 2.75) is 62.7 Å². The molecule has 0 aliphatic rings. The van der Waals surface area contributed by atoms with E-state index in [-0.39, 0.29) is 6.42 Å². The summed E-state index contributed by atoms with van der Waals surface area (Å²) in [4.78, 5) is 86.6. The van der Waals surface area contributed by atoms with Gasteiger partial charge in [-0.3, -0.25) is 28.8 Å². The Bertz CT molecular complexity index is 1310. The maximum Gasteiger partial charge on any atom is 0.326 e. The first-order chi connectivity index (χ1) is 19.3. The number of carboxylic acids is 3. The van der Waals surface area contributed by atoms with Crippen LogP contribution >= 0.6 is 0 Å². The molecule has 0 saturated heterocycles. The van der Waals surface area contributed by atoms with E-state index in [2.05, 4.69) is 15.6 Å². The van der Waals surface area contributed by atoms with Gasteiger partial charge in [0.25, 0.3) is 0 Å². The molecule has 1 aromatic carbocycles. The van der Waals surface area contributed by atoms with Gasteiger partial charge < -0.3 is 47.7 Å². The lowest BCUT2D eigenvalue weighted by molar-refractivity contribution is -0.144. The summed E-state index contributed by atoms with van der Waals surface area (Å²) >= 11 is 0. The van der Waals surface area contributed by atoms with Crippen molar-refractivity contribution in [3.8, 4) is 0 Å². The molecule has 16 heteroatoms. The maximum absolute atomic E-state index is 13.1. The van der Waals surface area contributed by atoms with E-state index in [4.69, 9.17) is 21.7 Å². The second-order valence-electron chi connectivity index (χ2n) is 9.23. The van der Waals surface area contributed by atoms with Gasteiger partial charge in [0.15, 0.2) is 0 Å². The average molecular weight is 577 g/mol. The average Bonchev–Trinajstić information content (AvgIpc) is 3.30. The first-order valence-electron chi connectivity index (χ1n) is 12.4. The van der Waals surface area contributed by atoms with E-state index in [1.165, 1.54) is 0 Å². The predicted octanol–water partition coefficient (Wildman–Crippen LogP) is -1.82. The van der Waals surface area contributed by atoms with Crippen molar-refractivity contribution in [2.75, 3.05) is 0 Å². The molecule has 2 rings (SSSR count). The van der Waals surface area contributed by atoms with Gasteiger partial charge in [-0.05, 0) is 30.9 Å². The molecule has 0 saturated carbocycles. The number of aromatic nitrogens is 1. The summed E-state index contributed by atoms with van der Waals surface area (Å²) in [7, 11) is 0. The monoisotopic (exact) mass is 576 g/mol. The Balaban J connectivity index is 2.18. The first kappa shape index (κ1) is 32.2. The Morgan fingerprint density at radius 2 is 1.29 bits per heavy atom. The number of fused-ring (bicyclic) bond motifs is 1. The van der Waals surface area contributed by atoms with Crippen LogP contribution in [-0.4, -0.2) is 86.0 Å². The normalized spacial score (nSPS) is 13.8. The number of carbonyl (C=O) groups is 7. The predicted molar refractivity (Wildman–Crippen MR) is 141 cm³/mol. The number of carbonyl (C=O) groups excluding carboxylic acids is 4. The highest BCUT2D eigenvalue weighted by molar-refractivity contribution is 5.95. The molecule has 1 heterocycles. The molecule has 222 valence electrons. The number of hydrogen-bond acceptors (Lipinski definition) is 8.